The first-order valence-corrected chi connectivity index (χ1v) is 24.3. The van der Waals surface area contributed by atoms with Gasteiger partial charge in [-0.25, -0.2) is 65.9 Å². The van der Waals surface area contributed by atoms with Gasteiger partial charge in [0.25, 0.3) is 0 Å². The smallest absolute Gasteiger partial charge is 0.312 e. The highest BCUT2D eigenvalue weighted by atomic mass is 28.3. The summed E-state index contributed by atoms with van der Waals surface area (Å²) < 4.78 is 232. The molecule has 5 aromatic rings. The minimum atomic E-state index is -5.00. The van der Waals surface area contributed by atoms with E-state index >= 15 is 52.7 Å². The minimum Gasteiger partial charge on any atom is -0.378 e. The Kier molecular flexibility index (Phi) is 11.7. The molecule has 60 heavy (non-hydrogen) atoms. The number of hydrogen-bond donors (Lipinski definition) is 0. The largest absolute Gasteiger partial charge is 0.378 e. The van der Waals surface area contributed by atoms with E-state index in [-0.39, 0.29) is 16.5 Å². The van der Waals surface area contributed by atoms with E-state index in [9.17, 15) is 13.2 Å². The van der Waals surface area contributed by atoms with E-state index in [0.29, 0.717) is 0 Å². The second-order valence-electron chi connectivity index (χ2n) is 15.5. The number of benzene rings is 5. The SMILES string of the molecule is CB(C1=C([Si](C)(C)c2c(F)c(F)c(F)c(F)c2F)B(N(c2ccccc2)c2ccccc2)C([Si](C)(C)C)=C1c1c(F)c(F)c(F)c(F)c1F)c1c(F)c(F)c(F)c(F)c1F. The summed E-state index contributed by atoms with van der Waals surface area (Å²) in [6.45, 7) is 3.01. The quantitative estimate of drug-likeness (QED) is 0.0617. The van der Waals surface area contributed by atoms with Crippen LogP contribution in [0.4, 0.5) is 77.2 Å². The van der Waals surface area contributed by atoms with Crippen LogP contribution in [-0.4, -0.2) is 29.7 Å². The van der Waals surface area contributed by atoms with Crippen molar-refractivity contribution < 1.29 is 65.9 Å². The lowest BCUT2D eigenvalue weighted by Gasteiger charge is -2.41. The molecule has 20 heteroatoms. The highest BCUT2D eigenvalue weighted by molar-refractivity contribution is 7.17. The predicted octanol–water partition coefficient (Wildman–Crippen LogP) is 11.3. The molecule has 0 unspecified atom stereocenters. The first kappa shape index (κ1) is 44.4. The fraction of sp³-hybridized carbons (Fsp3) is 0.150. The Bertz CT molecular complexity index is 2520. The van der Waals surface area contributed by atoms with Gasteiger partial charge in [0.05, 0.1) is 13.6 Å². The summed E-state index contributed by atoms with van der Waals surface area (Å²) in [4.78, 5) is 1.37. The summed E-state index contributed by atoms with van der Waals surface area (Å²) in [6, 6.07) is 14.9. The molecule has 0 saturated carbocycles. The maximum Gasteiger partial charge on any atom is 0.312 e. The summed E-state index contributed by atoms with van der Waals surface area (Å²) in [5, 5.41) is -2.36. The number of halogens is 15. The van der Waals surface area contributed by atoms with Gasteiger partial charge in [0, 0.05) is 22.0 Å². The average molecular weight is 885 g/mol. The summed E-state index contributed by atoms with van der Waals surface area (Å²) in [7, 11) is -8.63. The van der Waals surface area contributed by atoms with Crippen molar-refractivity contribution >= 4 is 57.3 Å². The van der Waals surface area contributed by atoms with Gasteiger partial charge in [0.2, 0.25) is 18.3 Å². The molecule has 0 aromatic heterocycles. The van der Waals surface area contributed by atoms with E-state index in [1.807, 2.05) is 0 Å². The van der Waals surface area contributed by atoms with Crippen LogP contribution in [0, 0.1) is 87.3 Å². The number of rotatable bonds is 9. The van der Waals surface area contributed by atoms with Crippen molar-refractivity contribution in [1.29, 1.82) is 0 Å². The normalized spacial score (nSPS) is 13.6. The molecule has 0 aliphatic carbocycles. The van der Waals surface area contributed by atoms with E-state index < -0.39 is 149 Å². The first-order valence-electron chi connectivity index (χ1n) is 17.8. The van der Waals surface area contributed by atoms with Crippen LogP contribution >= 0.6 is 0 Å². The van der Waals surface area contributed by atoms with E-state index in [1.165, 1.54) is 73.0 Å². The highest BCUT2D eigenvalue weighted by Crippen LogP contribution is 2.51. The lowest BCUT2D eigenvalue weighted by molar-refractivity contribution is 0.376. The van der Waals surface area contributed by atoms with Crippen molar-refractivity contribution in [3.8, 4) is 0 Å². The number of anilines is 2. The van der Waals surface area contributed by atoms with Gasteiger partial charge in [-0.1, -0.05) is 91.6 Å². The van der Waals surface area contributed by atoms with Gasteiger partial charge in [-0.05, 0) is 29.8 Å². The topological polar surface area (TPSA) is 3.24 Å². The zero-order chi connectivity index (χ0) is 44.7. The molecule has 0 amide bonds. The van der Waals surface area contributed by atoms with Gasteiger partial charge in [0.15, 0.2) is 75.6 Å². The second kappa shape index (κ2) is 15.7. The van der Waals surface area contributed by atoms with E-state index in [0.717, 1.165) is 19.9 Å². The molecule has 312 valence electrons. The summed E-state index contributed by atoms with van der Waals surface area (Å²) in [5.74, 6) is -37.6. The van der Waals surface area contributed by atoms with Crippen molar-refractivity contribution in [1.82, 2.24) is 0 Å². The Balaban J connectivity index is 1.99. The van der Waals surface area contributed by atoms with Crippen molar-refractivity contribution in [2.75, 3.05) is 4.81 Å². The molecule has 0 fully saturated rings. The van der Waals surface area contributed by atoms with Gasteiger partial charge in [-0.3, -0.25) is 0 Å². The van der Waals surface area contributed by atoms with Crippen LogP contribution in [0.25, 0.3) is 5.57 Å². The van der Waals surface area contributed by atoms with Crippen molar-refractivity contribution in [3.63, 3.8) is 0 Å². The number of allylic oxidation sites excluding steroid dienone is 2. The molecular formula is C40H28B2F15NSi2. The summed E-state index contributed by atoms with van der Waals surface area (Å²) in [6.07, 6.45) is 0. The zero-order valence-corrected chi connectivity index (χ0v) is 34.0. The molecular weight excluding hydrogens is 857 g/mol. The molecule has 0 bridgehead atoms. The number of nitrogens with zero attached hydrogens (tertiary/aromatic N) is 1. The minimum absolute atomic E-state index is 0.144. The maximum absolute atomic E-state index is 16.5. The zero-order valence-electron chi connectivity index (χ0n) is 32.0. The molecule has 1 aliphatic rings. The third-order valence-corrected chi connectivity index (χ3v) is 16.3. The lowest BCUT2D eigenvalue weighted by Crippen LogP contribution is -2.58. The van der Waals surface area contributed by atoms with Gasteiger partial charge < -0.3 is 4.81 Å². The van der Waals surface area contributed by atoms with E-state index in [1.54, 1.807) is 12.1 Å². The predicted molar refractivity (Wildman–Crippen MR) is 205 cm³/mol. The van der Waals surface area contributed by atoms with Gasteiger partial charge >= 0.3 is 6.85 Å². The first-order chi connectivity index (χ1) is 27.9. The lowest BCUT2D eigenvalue weighted by atomic mass is 9.39. The Morgan fingerprint density at radius 3 is 1.13 bits per heavy atom. The maximum atomic E-state index is 16.5. The van der Waals surface area contributed by atoms with Crippen LogP contribution in [0.3, 0.4) is 0 Å². The molecule has 6 rings (SSSR count). The number of hydrogen-bond acceptors (Lipinski definition) is 1. The second-order valence-corrected chi connectivity index (χ2v) is 24.9. The molecule has 1 heterocycles. The van der Waals surface area contributed by atoms with E-state index in [4.69, 9.17) is 0 Å². The third kappa shape index (κ3) is 6.78. The Labute approximate surface area is 336 Å². The summed E-state index contributed by atoms with van der Waals surface area (Å²) in [5.41, 5.74) is -5.11. The molecule has 0 radical (unpaired) electrons. The van der Waals surface area contributed by atoms with Crippen LogP contribution in [0.5, 0.6) is 0 Å². The van der Waals surface area contributed by atoms with Crippen LogP contribution < -0.4 is 15.5 Å². The van der Waals surface area contributed by atoms with Crippen molar-refractivity contribution in [3.05, 3.63) is 169 Å². The Hall–Kier alpha value is -5.11. The van der Waals surface area contributed by atoms with Crippen LogP contribution in [-0.2, 0) is 0 Å². The molecule has 1 nitrogen and oxygen atoms in total. The fourth-order valence-electron chi connectivity index (χ4n) is 8.03. The highest BCUT2D eigenvalue weighted by Gasteiger charge is 2.56. The van der Waals surface area contributed by atoms with Crippen molar-refractivity contribution in [2.24, 2.45) is 0 Å². The molecule has 0 N–H and O–H groups in total. The Morgan fingerprint density at radius 1 is 0.433 bits per heavy atom. The van der Waals surface area contributed by atoms with Crippen LogP contribution in [0.2, 0.25) is 39.6 Å². The van der Waals surface area contributed by atoms with Gasteiger partial charge in [-0.2, -0.15) is 0 Å². The number of para-hydroxylation sites is 2. The summed E-state index contributed by atoms with van der Waals surface area (Å²) >= 11 is 0. The molecule has 5 aromatic carbocycles. The van der Waals surface area contributed by atoms with Gasteiger partial charge in [0.1, 0.15) is 8.07 Å². The van der Waals surface area contributed by atoms with Crippen LogP contribution in [0.15, 0.2) is 76.3 Å². The monoisotopic (exact) mass is 885 g/mol. The van der Waals surface area contributed by atoms with Crippen LogP contribution in [0.1, 0.15) is 5.56 Å². The third-order valence-electron chi connectivity index (χ3n) is 10.6. The van der Waals surface area contributed by atoms with Crippen molar-refractivity contribution in [2.45, 2.75) is 39.6 Å². The fourth-order valence-corrected chi connectivity index (χ4v) is 13.8. The molecule has 0 spiro atoms. The standard InChI is InChI=1S/C40H28B2F15NSi2/c1-41(22-25(45)29(49)32(52)30(50)26(22)46)21-19(20-23(43)27(47)31(51)28(48)24(20)44)39(59(2,3)4)42(58(17-13-9-7-10-14-17)18-15-11-8-12-16-18)40(21)60(5,6)38-36(56)34(54)33(53)35(55)37(38)57/h7-16H,1-6H3. The molecule has 1 aliphatic heterocycles. The van der Waals surface area contributed by atoms with E-state index in [2.05, 4.69) is 0 Å². The van der Waals surface area contributed by atoms with Gasteiger partial charge in [-0.15, -0.1) is 0 Å². The molecule has 0 saturated heterocycles. The average Bonchev–Trinajstić information content (AvgIpc) is 3.57. The molecule has 0 atom stereocenters. The Morgan fingerprint density at radius 2 is 0.767 bits per heavy atom.